The van der Waals surface area contributed by atoms with Crippen LogP contribution in [0.3, 0.4) is 0 Å². The number of benzene rings is 2. The maximum atomic E-state index is 12.5. The van der Waals surface area contributed by atoms with Gasteiger partial charge in [0.05, 0.1) is 18.5 Å². The number of hydrazone groups is 1. The van der Waals surface area contributed by atoms with Crippen LogP contribution in [0, 0.1) is 13.8 Å². The highest BCUT2D eigenvalue weighted by Gasteiger charge is 2.11. The number of nitrogens with zero attached hydrogens (tertiary/aromatic N) is 3. The van der Waals surface area contributed by atoms with Gasteiger partial charge in [0.1, 0.15) is 23.9 Å². The van der Waals surface area contributed by atoms with Gasteiger partial charge >= 0.3 is 5.91 Å². The van der Waals surface area contributed by atoms with Gasteiger partial charge in [-0.1, -0.05) is 0 Å². The van der Waals surface area contributed by atoms with Crippen molar-refractivity contribution in [2.75, 3.05) is 6.61 Å². The Hall–Kier alpha value is -4.98. The summed E-state index contributed by atoms with van der Waals surface area (Å²) in [4.78, 5) is 12.5. The summed E-state index contributed by atoms with van der Waals surface area (Å²) in [6, 6.07) is 27.0. The lowest BCUT2D eigenvalue weighted by Gasteiger charge is -2.10. The van der Waals surface area contributed by atoms with Crippen LogP contribution in [0.5, 0.6) is 11.5 Å². The number of hydrogen-bond donors (Lipinski definition) is 1. The summed E-state index contributed by atoms with van der Waals surface area (Å²) in [5, 5.41) is 4.10. The van der Waals surface area contributed by atoms with Crippen LogP contribution in [0.1, 0.15) is 40.3 Å². The predicted octanol–water partition coefficient (Wildman–Crippen LogP) is 6.22. The summed E-state index contributed by atoms with van der Waals surface area (Å²) in [5.74, 6) is 1.77. The highest BCUT2D eigenvalue weighted by molar-refractivity contribution is 5.92. The van der Waals surface area contributed by atoms with Crippen molar-refractivity contribution in [3.05, 3.63) is 120 Å². The number of furan rings is 1. The van der Waals surface area contributed by atoms with Gasteiger partial charge < -0.3 is 23.0 Å². The van der Waals surface area contributed by atoms with Crippen molar-refractivity contribution in [3.8, 4) is 22.9 Å². The van der Waals surface area contributed by atoms with Crippen LogP contribution in [0.25, 0.3) is 11.4 Å². The first-order valence-electron chi connectivity index (χ1n) is 12.7. The Balaban J connectivity index is 1.15. The number of ether oxygens (including phenoxy) is 2. The predicted molar refractivity (Wildman–Crippen MR) is 150 cm³/mol. The third kappa shape index (κ3) is 5.96. The Morgan fingerprint density at radius 2 is 1.54 bits per heavy atom. The summed E-state index contributed by atoms with van der Waals surface area (Å²) < 4.78 is 21.2. The van der Waals surface area contributed by atoms with Crippen LogP contribution in [-0.2, 0) is 6.61 Å². The van der Waals surface area contributed by atoms with Gasteiger partial charge in [-0.05, 0) is 106 Å². The fraction of sp³-hybridized carbons (Fsp3) is 0.161. The molecule has 0 spiro atoms. The molecule has 0 atom stereocenters. The maximum Gasteiger partial charge on any atom is 0.307 e. The van der Waals surface area contributed by atoms with E-state index in [0.29, 0.717) is 18.1 Å². The van der Waals surface area contributed by atoms with E-state index >= 15 is 0 Å². The highest BCUT2D eigenvalue weighted by Crippen LogP contribution is 2.21. The lowest BCUT2D eigenvalue weighted by molar-refractivity contribution is 0.0923. The Morgan fingerprint density at radius 1 is 0.872 bits per heavy atom. The number of hydrogen-bond acceptors (Lipinski definition) is 5. The molecule has 5 rings (SSSR count). The lowest BCUT2D eigenvalue weighted by Crippen LogP contribution is -2.17. The largest absolute Gasteiger partial charge is 0.494 e. The molecule has 0 aliphatic carbocycles. The minimum Gasteiger partial charge on any atom is -0.494 e. The SMILES string of the molecule is CCOc1ccc(-n2cccc2/C=N/NC(=O)c2ccc(COc3ccc(-n4c(C)ccc4C)cc3)o2)cc1. The Morgan fingerprint density at radius 3 is 2.23 bits per heavy atom. The first-order chi connectivity index (χ1) is 19.0. The van der Waals surface area contributed by atoms with Gasteiger partial charge in [-0.25, -0.2) is 5.43 Å². The Bertz CT molecular complexity index is 1550. The van der Waals surface area contributed by atoms with Crippen LogP contribution >= 0.6 is 0 Å². The maximum absolute atomic E-state index is 12.5. The minimum absolute atomic E-state index is 0.154. The standard InChI is InChI=1S/C31H30N4O4/c1-4-37-27-13-9-24(10-14-27)34-19-5-6-26(34)20-32-33-31(36)30-18-17-29(39-30)21-38-28-15-11-25(12-16-28)35-22(2)7-8-23(35)3/h5-20H,4,21H2,1-3H3,(H,33,36)/b32-20+. The number of carbonyl (C=O) groups excluding carboxylic acids is 1. The smallest absolute Gasteiger partial charge is 0.307 e. The molecular weight excluding hydrogens is 492 g/mol. The summed E-state index contributed by atoms with van der Waals surface area (Å²) in [7, 11) is 0. The molecule has 1 N–H and O–H groups in total. The molecule has 198 valence electrons. The molecule has 2 aromatic carbocycles. The lowest BCUT2D eigenvalue weighted by atomic mass is 10.3. The molecule has 3 heterocycles. The second-order valence-electron chi connectivity index (χ2n) is 8.93. The molecule has 0 aliphatic heterocycles. The number of nitrogens with one attached hydrogen (secondary N) is 1. The number of amides is 1. The zero-order valence-corrected chi connectivity index (χ0v) is 22.1. The van der Waals surface area contributed by atoms with Crippen molar-refractivity contribution in [1.82, 2.24) is 14.6 Å². The molecule has 0 saturated heterocycles. The number of carbonyl (C=O) groups is 1. The monoisotopic (exact) mass is 522 g/mol. The van der Waals surface area contributed by atoms with E-state index in [-0.39, 0.29) is 12.4 Å². The molecule has 1 amide bonds. The molecule has 0 radical (unpaired) electrons. The average Bonchev–Trinajstić information content (AvgIpc) is 3.69. The zero-order valence-electron chi connectivity index (χ0n) is 22.1. The van der Waals surface area contributed by atoms with Crippen molar-refractivity contribution < 1.29 is 18.7 Å². The van der Waals surface area contributed by atoms with Crippen LogP contribution in [-0.4, -0.2) is 27.9 Å². The normalized spacial score (nSPS) is 11.2. The molecule has 0 unspecified atom stereocenters. The van der Waals surface area contributed by atoms with E-state index in [1.807, 2.05) is 78.4 Å². The van der Waals surface area contributed by atoms with Crippen LogP contribution in [0.4, 0.5) is 0 Å². The van der Waals surface area contributed by atoms with Crippen LogP contribution < -0.4 is 14.9 Å². The third-order valence-electron chi connectivity index (χ3n) is 6.20. The van der Waals surface area contributed by atoms with E-state index < -0.39 is 5.91 Å². The molecule has 0 fully saturated rings. The summed E-state index contributed by atoms with van der Waals surface area (Å²) in [6.45, 7) is 6.93. The van der Waals surface area contributed by atoms with E-state index in [0.717, 1.165) is 22.8 Å². The Kier molecular flexibility index (Phi) is 7.63. The van der Waals surface area contributed by atoms with E-state index in [1.165, 1.54) is 11.4 Å². The fourth-order valence-electron chi connectivity index (χ4n) is 4.32. The average molecular weight is 523 g/mol. The zero-order chi connectivity index (χ0) is 27.2. The molecule has 39 heavy (non-hydrogen) atoms. The topological polar surface area (TPSA) is 82.9 Å². The van der Waals surface area contributed by atoms with Gasteiger partial charge in [0.15, 0.2) is 5.76 Å². The van der Waals surface area contributed by atoms with Crippen molar-refractivity contribution in [2.45, 2.75) is 27.4 Å². The molecule has 8 nitrogen and oxygen atoms in total. The van der Waals surface area contributed by atoms with Gasteiger partial charge in [-0.15, -0.1) is 0 Å². The van der Waals surface area contributed by atoms with Gasteiger partial charge in [0.25, 0.3) is 0 Å². The van der Waals surface area contributed by atoms with Gasteiger partial charge in [0, 0.05) is 29.0 Å². The number of rotatable bonds is 10. The van der Waals surface area contributed by atoms with Crippen LogP contribution in [0.2, 0.25) is 0 Å². The molecule has 3 aromatic heterocycles. The third-order valence-corrected chi connectivity index (χ3v) is 6.20. The van der Waals surface area contributed by atoms with Crippen molar-refractivity contribution in [2.24, 2.45) is 5.10 Å². The Labute approximate surface area is 227 Å². The van der Waals surface area contributed by atoms with E-state index in [1.54, 1.807) is 18.3 Å². The van der Waals surface area contributed by atoms with Crippen molar-refractivity contribution >= 4 is 12.1 Å². The highest BCUT2D eigenvalue weighted by atomic mass is 16.5. The van der Waals surface area contributed by atoms with Gasteiger partial charge in [0.2, 0.25) is 0 Å². The molecule has 0 aliphatic rings. The summed E-state index contributed by atoms with van der Waals surface area (Å²) in [6.07, 6.45) is 3.51. The van der Waals surface area contributed by atoms with Crippen LogP contribution in [0.15, 0.2) is 101 Å². The molecular formula is C31H30N4O4. The minimum atomic E-state index is -0.446. The van der Waals surface area contributed by atoms with Crippen molar-refractivity contribution in [1.29, 1.82) is 0 Å². The molecule has 0 saturated carbocycles. The quantitative estimate of drug-likeness (QED) is 0.174. The van der Waals surface area contributed by atoms with Gasteiger partial charge in [-0.3, -0.25) is 4.79 Å². The summed E-state index contributed by atoms with van der Waals surface area (Å²) in [5.41, 5.74) is 7.70. The fourth-order valence-corrected chi connectivity index (χ4v) is 4.32. The van der Waals surface area contributed by atoms with E-state index in [2.05, 4.69) is 41.1 Å². The second kappa shape index (κ2) is 11.6. The van der Waals surface area contributed by atoms with Gasteiger partial charge in [-0.2, -0.15) is 5.10 Å². The molecule has 5 aromatic rings. The number of aryl methyl sites for hydroxylation is 2. The summed E-state index contributed by atoms with van der Waals surface area (Å²) >= 11 is 0. The van der Waals surface area contributed by atoms with Crippen molar-refractivity contribution in [3.63, 3.8) is 0 Å². The van der Waals surface area contributed by atoms with E-state index in [4.69, 9.17) is 13.9 Å². The number of aromatic nitrogens is 2. The van der Waals surface area contributed by atoms with E-state index in [9.17, 15) is 4.79 Å². The molecule has 0 bridgehead atoms. The molecule has 8 heteroatoms. The second-order valence-corrected chi connectivity index (χ2v) is 8.93. The first-order valence-corrected chi connectivity index (χ1v) is 12.7. The first kappa shape index (κ1) is 25.7.